The van der Waals surface area contributed by atoms with Gasteiger partial charge in [0.25, 0.3) is 0 Å². The Hall–Kier alpha value is -0.120. The third-order valence-corrected chi connectivity index (χ3v) is 2.60. The average molecular weight is 175 g/mol. The zero-order valence-corrected chi connectivity index (χ0v) is 8.79. The number of likely N-dealkylation sites (N-methyl/N-ethyl adjacent to an activating group) is 1. The molecule has 0 aliphatic heterocycles. The molecule has 0 heterocycles. The molecule has 0 radical (unpaired) electrons. The zero-order chi connectivity index (χ0) is 9.78. The number of rotatable bonds is 5. The molecule has 3 heteroatoms. The standard InChI is InChI=1S/C9H21NO2/c1-6-10(7-2)8(3)9(4,5)12-11/h8,11H,6-7H2,1-5H3. The van der Waals surface area contributed by atoms with Gasteiger partial charge in [0.1, 0.15) is 5.60 Å². The molecule has 12 heavy (non-hydrogen) atoms. The lowest BCUT2D eigenvalue weighted by Crippen LogP contribution is -2.48. The summed E-state index contributed by atoms with van der Waals surface area (Å²) in [6.07, 6.45) is 0. The molecule has 1 atom stereocenters. The maximum atomic E-state index is 8.68. The van der Waals surface area contributed by atoms with Gasteiger partial charge in [-0.2, -0.15) is 0 Å². The summed E-state index contributed by atoms with van der Waals surface area (Å²) >= 11 is 0. The van der Waals surface area contributed by atoms with Crippen LogP contribution in [0.15, 0.2) is 0 Å². The number of hydrogen-bond donors (Lipinski definition) is 1. The van der Waals surface area contributed by atoms with Gasteiger partial charge in [0, 0.05) is 6.04 Å². The summed E-state index contributed by atoms with van der Waals surface area (Å²) in [4.78, 5) is 6.69. The van der Waals surface area contributed by atoms with Crippen molar-refractivity contribution in [3.8, 4) is 0 Å². The van der Waals surface area contributed by atoms with Crippen LogP contribution in [-0.4, -0.2) is 34.9 Å². The summed E-state index contributed by atoms with van der Waals surface area (Å²) < 4.78 is 0. The van der Waals surface area contributed by atoms with Crippen molar-refractivity contribution in [2.75, 3.05) is 13.1 Å². The molecule has 0 aliphatic rings. The minimum absolute atomic E-state index is 0.220. The quantitative estimate of drug-likeness (QED) is 0.512. The van der Waals surface area contributed by atoms with Gasteiger partial charge in [0.2, 0.25) is 0 Å². The van der Waals surface area contributed by atoms with Gasteiger partial charge in [-0.05, 0) is 33.9 Å². The van der Waals surface area contributed by atoms with Gasteiger partial charge in [0.05, 0.1) is 0 Å². The lowest BCUT2D eigenvalue weighted by atomic mass is 9.99. The van der Waals surface area contributed by atoms with E-state index in [0.717, 1.165) is 13.1 Å². The van der Waals surface area contributed by atoms with Gasteiger partial charge < -0.3 is 0 Å². The third kappa shape index (κ3) is 2.73. The van der Waals surface area contributed by atoms with E-state index in [-0.39, 0.29) is 6.04 Å². The van der Waals surface area contributed by atoms with E-state index in [4.69, 9.17) is 5.26 Å². The Bertz CT molecular complexity index is 122. The highest BCUT2D eigenvalue weighted by molar-refractivity contribution is 4.82. The first-order valence-electron chi connectivity index (χ1n) is 4.56. The SMILES string of the molecule is CCN(CC)C(C)C(C)(C)OO. The van der Waals surface area contributed by atoms with Crippen molar-refractivity contribution in [1.82, 2.24) is 4.90 Å². The minimum Gasteiger partial charge on any atom is -0.298 e. The summed E-state index contributed by atoms with van der Waals surface area (Å²) in [5.41, 5.74) is -0.494. The van der Waals surface area contributed by atoms with E-state index in [1.165, 1.54) is 0 Å². The van der Waals surface area contributed by atoms with E-state index in [0.29, 0.717) is 0 Å². The largest absolute Gasteiger partial charge is 0.298 e. The highest BCUT2D eigenvalue weighted by Crippen LogP contribution is 2.18. The van der Waals surface area contributed by atoms with Gasteiger partial charge in [-0.25, -0.2) is 4.89 Å². The van der Waals surface area contributed by atoms with Crippen molar-refractivity contribution in [3.05, 3.63) is 0 Å². The minimum atomic E-state index is -0.494. The molecule has 0 fully saturated rings. The molecule has 1 unspecified atom stereocenters. The normalized spacial score (nSPS) is 15.2. The maximum absolute atomic E-state index is 8.68. The van der Waals surface area contributed by atoms with Crippen LogP contribution in [0, 0.1) is 0 Å². The second kappa shape index (κ2) is 4.80. The van der Waals surface area contributed by atoms with Gasteiger partial charge >= 0.3 is 0 Å². The smallest absolute Gasteiger partial charge is 0.113 e. The van der Waals surface area contributed by atoms with Gasteiger partial charge in [0.15, 0.2) is 0 Å². The van der Waals surface area contributed by atoms with E-state index in [1.807, 2.05) is 13.8 Å². The van der Waals surface area contributed by atoms with E-state index in [2.05, 4.69) is 30.6 Å². The second-order valence-electron chi connectivity index (χ2n) is 3.59. The predicted molar refractivity (Wildman–Crippen MR) is 50.2 cm³/mol. The fourth-order valence-corrected chi connectivity index (χ4v) is 1.29. The van der Waals surface area contributed by atoms with Crippen LogP contribution >= 0.6 is 0 Å². The first kappa shape index (κ1) is 11.9. The Kier molecular flexibility index (Phi) is 4.75. The first-order valence-corrected chi connectivity index (χ1v) is 4.56. The Balaban J connectivity index is 4.23. The molecule has 0 aromatic heterocycles. The molecule has 3 nitrogen and oxygen atoms in total. The van der Waals surface area contributed by atoms with Crippen molar-refractivity contribution < 1.29 is 10.1 Å². The van der Waals surface area contributed by atoms with Gasteiger partial charge in [-0.3, -0.25) is 10.2 Å². The van der Waals surface area contributed by atoms with Crippen molar-refractivity contribution in [3.63, 3.8) is 0 Å². The van der Waals surface area contributed by atoms with Crippen LogP contribution in [-0.2, 0) is 4.89 Å². The Morgan fingerprint density at radius 2 is 1.75 bits per heavy atom. The second-order valence-corrected chi connectivity index (χ2v) is 3.59. The molecule has 0 aliphatic carbocycles. The van der Waals surface area contributed by atoms with Crippen LogP contribution < -0.4 is 0 Å². The molecule has 0 spiro atoms. The van der Waals surface area contributed by atoms with E-state index in [1.54, 1.807) is 0 Å². The number of hydrogen-bond acceptors (Lipinski definition) is 3. The van der Waals surface area contributed by atoms with E-state index >= 15 is 0 Å². The van der Waals surface area contributed by atoms with Crippen LogP contribution in [0.4, 0.5) is 0 Å². The molecule has 0 aromatic rings. The predicted octanol–water partition coefficient (Wildman–Crippen LogP) is 1.98. The third-order valence-electron chi connectivity index (χ3n) is 2.60. The van der Waals surface area contributed by atoms with Crippen molar-refractivity contribution in [2.45, 2.75) is 46.3 Å². The highest BCUT2D eigenvalue weighted by atomic mass is 17.1. The summed E-state index contributed by atoms with van der Waals surface area (Å²) in [5, 5.41) is 8.68. The van der Waals surface area contributed by atoms with E-state index < -0.39 is 5.60 Å². The average Bonchev–Trinajstić information content (AvgIpc) is 2.06. The molecule has 0 saturated carbocycles. The highest BCUT2D eigenvalue weighted by Gasteiger charge is 2.30. The van der Waals surface area contributed by atoms with Gasteiger partial charge in [-0.1, -0.05) is 13.8 Å². The summed E-state index contributed by atoms with van der Waals surface area (Å²) in [5.74, 6) is 0. The fourth-order valence-electron chi connectivity index (χ4n) is 1.29. The number of nitrogens with zero attached hydrogens (tertiary/aromatic N) is 1. The van der Waals surface area contributed by atoms with Crippen LogP contribution in [0.3, 0.4) is 0 Å². The Morgan fingerprint density at radius 3 is 2.00 bits per heavy atom. The van der Waals surface area contributed by atoms with Crippen LogP contribution in [0.1, 0.15) is 34.6 Å². The maximum Gasteiger partial charge on any atom is 0.113 e. The lowest BCUT2D eigenvalue weighted by Gasteiger charge is -2.36. The summed E-state index contributed by atoms with van der Waals surface area (Å²) in [6.45, 7) is 12.0. The molecular weight excluding hydrogens is 154 g/mol. The first-order chi connectivity index (χ1) is 5.49. The molecule has 0 saturated heterocycles. The summed E-state index contributed by atoms with van der Waals surface area (Å²) in [6, 6.07) is 0.220. The monoisotopic (exact) mass is 175 g/mol. The molecular formula is C9H21NO2. The lowest BCUT2D eigenvalue weighted by molar-refractivity contribution is -0.325. The van der Waals surface area contributed by atoms with Crippen molar-refractivity contribution in [2.24, 2.45) is 0 Å². The molecule has 74 valence electrons. The van der Waals surface area contributed by atoms with E-state index in [9.17, 15) is 0 Å². The van der Waals surface area contributed by atoms with Gasteiger partial charge in [-0.15, -0.1) is 0 Å². The van der Waals surface area contributed by atoms with Crippen molar-refractivity contribution in [1.29, 1.82) is 0 Å². The molecule has 0 rings (SSSR count). The molecule has 0 bridgehead atoms. The van der Waals surface area contributed by atoms with Crippen molar-refractivity contribution >= 4 is 0 Å². The van der Waals surface area contributed by atoms with Crippen LogP contribution in [0.5, 0.6) is 0 Å². The molecule has 0 amide bonds. The van der Waals surface area contributed by atoms with Crippen LogP contribution in [0.2, 0.25) is 0 Å². The summed E-state index contributed by atoms with van der Waals surface area (Å²) in [7, 11) is 0. The molecule has 1 N–H and O–H groups in total. The molecule has 0 aromatic carbocycles. The zero-order valence-electron chi connectivity index (χ0n) is 8.79. The topological polar surface area (TPSA) is 32.7 Å². The Morgan fingerprint density at radius 1 is 1.33 bits per heavy atom. The Labute approximate surface area is 75.3 Å². The van der Waals surface area contributed by atoms with Crippen LogP contribution in [0.25, 0.3) is 0 Å². The fraction of sp³-hybridized carbons (Fsp3) is 1.00.